The van der Waals surface area contributed by atoms with E-state index in [-0.39, 0.29) is 0 Å². The Kier molecular flexibility index (Phi) is 4.33. The molecule has 0 amide bonds. The summed E-state index contributed by atoms with van der Waals surface area (Å²) >= 11 is 2.03. The van der Waals surface area contributed by atoms with E-state index in [9.17, 15) is 0 Å². The van der Waals surface area contributed by atoms with Crippen LogP contribution < -0.4 is 0 Å². The average molecular weight is 199 g/mol. The van der Waals surface area contributed by atoms with E-state index >= 15 is 0 Å². The van der Waals surface area contributed by atoms with Crippen LogP contribution in [0.15, 0.2) is 11.0 Å². The monoisotopic (exact) mass is 199 g/mol. The molecule has 13 heavy (non-hydrogen) atoms. The van der Waals surface area contributed by atoms with Crippen molar-refractivity contribution < 1.29 is 0 Å². The van der Waals surface area contributed by atoms with Crippen molar-refractivity contribution in [1.82, 2.24) is 4.90 Å². The third-order valence-corrected chi connectivity index (χ3v) is 3.80. The molecule has 1 aliphatic heterocycles. The number of nitrogens with zero attached hydrogens (tertiary/aromatic N) is 1. The van der Waals surface area contributed by atoms with E-state index in [0.29, 0.717) is 0 Å². The Morgan fingerprint density at radius 2 is 2.15 bits per heavy atom. The van der Waals surface area contributed by atoms with E-state index in [0.717, 1.165) is 11.2 Å². The van der Waals surface area contributed by atoms with Crippen LogP contribution in [0.1, 0.15) is 26.7 Å². The molecule has 0 fully saturated rings. The van der Waals surface area contributed by atoms with Crippen molar-refractivity contribution in [3.8, 4) is 0 Å². The van der Waals surface area contributed by atoms with Gasteiger partial charge in [-0.25, -0.2) is 0 Å². The second-order valence-corrected chi connectivity index (χ2v) is 5.83. The van der Waals surface area contributed by atoms with Crippen molar-refractivity contribution in [2.45, 2.75) is 31.9 Å². The van der Waals surface area contributed by atoms with Gasteiger partial charge in [-0.1, -0.05) is 13.0 Å². The predicted octanol–water partition coefficient (Wildman–Crippen LogP) is 2.98. The summed E-state index contributed by atoms with van der Waals surface area (Å²) in [6.07, 6.45) is 5.13. The van der Waals surface area contributed by atoms with Gasteiger partial charge in [-0.2, -0.15) is 0 Å². The van der Waals surface area contributed by atoms with Crippen LogP contribution in [0.5, 0.6) is 0 Å². The Hall–Kier alpha value is 0.0500. The highest BCUT2D eigenvalue weighted by Gasteiger charge is 2.21. The number of thioether (sulfide) groups is 1. The minimum atomic E-state index is 0.808. The van der Waals surface area contributed by atoms with Crippen molar-refractivity contribution in [2.75, 3.05) is 20.6 Å². The Labute approximate surface area is 86.6 Å². The van der Waals surface area contributed by atoms with Gasteiger partial charge in [0.1, 0.15) is 0 Å². The van der Waals surface area contributed by atoms with Gasteiger partial charge in [0.15, 0.2) is 0 Å². The molecule has 76 valence electrons. The molecule has 0 aromatic heterocycles. The summed E-state index contributed by atoms with van der Waals surface area (Å²) in [5, 5.41) is 0.808. The lowest BCUT2D eigenvalue weighted by Crippen LogP contribution is -2.15. The smallest absolute Gasteiger partial charge is 0.0126 e. The van der Waals surface area contributed by atoms with Crippen LogP contribution in [0.25, 0.3) is 0 Å². The Morgan fingerprint density at radius 3 is 2.62 bits per heavy atom. The predicted molar refractivity (Wildman–Crippen MR) is 62.1 cm³/mol. The molecule has 1 aliphatic rings. The largest absolute Gasteiger partial charge is 0.309 e. The molecule has 0 radical (unpaired) electrons. The van der Waals surface area contributed by atoms with Gasteiger partial charge in [-0.3, -0.25) is 0 Å². The standard InChI is InChI=1S/C11H21NS/c1-9-8-11(10(2)13-9)6-5-7-12(3)4/h8,10-11H,5-7H2,1-4H3. The maximum atomic E-state index is 2.45. The van der Waals surface area contributed by atoms with Crippen LogP contribution in [0.2, 0.25) is 0 Å². The molecule has 1 rings (SSSR count). The van der Waals surface area contributed by atoms with Gasteiger partial charge >= 0.3 is 0 Å². The second kappa shape index (κ2) is 5.06. The highest BCUT2D eigenvalue weighted by molar-refractivity contribution is 8.03. The topological polar surface area (TPSA) is 3.24 Å². The number of hydrogen-bond donors (Lipinski definition) is 0. The van der Waals surface area contributed by atoms with Gasteiger partial charge in [0, 0.05) is 5.25 Å². The summed E-state index contributed by atoms with van der Waals surface area (Å²) in [4.78, 5) is 3.78. The summed E-state index contributed by atoms with van der Waals surface area (Å²) in [6, 6.07) is 0. The van der Waals surface area contributed by atoms with E-state index in [4.69, 9.17) is 0 Å². The van der Waals surface area contributed by atoms with Crippen molar-refractivity contribution in [2.24, 2.45) is 5.92 Å². The molecule has 0 aromatic carbocycles. The molecule has 2 unspecified atom stereocenters. The quantitative estimate of drug-likeness (QED) is 0.685. The van der Waals surface area contributed by atoms with Gasteiger partial charge in [0.05, 0.1) is 0 Å². The second-order valence-electron chi connectivity index (χ2n) is 4.21. The van der Waals surface area contributed by atoms with Gasteiger partial charge in [-0.05, 0) is 51.2 Å². The molecular weight excluding hydrogens is 178 g/mol. The molecule has 0 saturated carbocycles. The van der Waals surface area contributed by atoms with Crippen molar-refractivity contribution in [3.63, 3.8) is 0 Å². The van der Waals surface area contributed by atoms with Gasteiger partial charge in [-0.15, -0.1) is 11.8 Å². The van der Waals surface area contributed by atoms with E-state index < -0.39 is 0 Å². The van der Waals surface area contributed by atoms with Crippen LogP contribution in [-0.2, 0) is 0 Å². The van der Waals surface area contributed by atoms with Crippen LogP contribution >= 0.6 is 11.8 Å². The zero-order chi connectivity index (χ0) is 9.84. The van der Waals surface area contributed by atoms with Gasteiger partial charge < -0.3 is 4.90 Å². The highest BCUT2D eigenvalue weighted by atomic mass is 32.2. The highest BCUT2D eigenvalue weighted by Crippen LogP contribution is 2.37. The Bertz CT molecular complexity index is 187. The van der Waals surface area contributed by atoms with E-state index in [1.54, 1.807) is 0 Å². The minimum Gasteiger partial charge on any atom is -0.309 e. The van der Waals surface area contributed by atoms with Gasteiger partial charge in [0.25, 0.3) is 0 Å². The SMILES string of the molecule is CC1=CC(CCCN(C)C)C(C)S1. The first kappa shape index (κ1) is 11.1. The van der Waals surface area contributed by atoms with Crippen molar-refractivity contribution >= 4 is 11.8 Å². The third kappa shape index (κ3) is 3.74. The minimum absolute atomic E-state index is 0.808. The lowest BCUT2D eigenvalue weighted by atomic mass is 9.99. The number of hydrogen-bond acceptors (Lipinski definition) is 2. The first-order chi connectivity index (χ1) is 6.09. The lowest BCUT2D eigenvalue weighted by molar-refractivity contribution is 0.380. The molecule has 0 saturated heterocycles. The Balaban J connectivity index is 2.21. The molecule has 0 aromatic rings. The molecule has 0 spiro atoms. The fourth-order valence-electron chi connectivity index (χ4n) is 1.82. The first-order valence-electron chi connectivity index (χ1n) is 5.09. The molecule has 0 bridgehead atoms. The van der Waals surface area contributed by atoms with E-state index in [1.165, 1.54) is 24.3 Å². The zero-order valence-electron chi connectivity index (χ0n) is 9.21. The maximum absolute atomic E-state index is 2.45. The summed E-state index contributed by atoms with van der Waals surface area (Å²) in [6.45, 7) is 5.80. The molecule has 2 atom stereocenters. The van der Waals surface area contributed by atoms with E-state index in [1.807, 2.05) is 11.8 Å². The number of rotatable bonds is 4. The zero-order valence-corrected chi connectivity index (χ0v) is 10.0. The summed E-state index contributed by atoms with van der Waals surface area (Å²) in [5.74, 6) is 0.824. The lowest BCUT2D eigenvalue weighted by Gasteiger charge is -2.15. The molecular formula is C11H21NS. The van der Waals surface area contributed by atoms with E-state index in [2.05, 4.69) is 38.9 Å². The molecule has 1 heterocycles. The third-order valence-electron chi connectivity index (χ3n) is 2.57. The van der Waals surface area contributed by atoms with Gasteiger partial charge in [0.2, 0.25) is 0 Å². The van der Waals surface area contributed by atoms with Crippen LogP contribution in [-0.4, -0.2) is 30.8 Å². The van der Waals surface area contributed by atoms with Crippen molar-refractivity contribution in [3.05, 3.63) is 11.0 Å². The van der Waals surface area contributed by atoms with Crippen LogP contribution in [0, 0.1) is 5.92 Å². The summed E-state index contributed by atoms with van der Waals surface area (Å²) < 4.78 is 0. The molecule has 0 N–H and O–H groups in total. The molecule has 2 heteroatoms. The first-order valence-corrected chi connectivity index (χ1v) is 5.97. The normalized spacial score (nSPS) is 28.2. The van der Waals surface area contributed by atoms with Crippen LogP contribution in [0.3, 0.4) is 0 Å². The summed E-state index contributed by atoms with van der Waals surface area (Å²) in [7, 11) is 4.29. The Morgan fingerprint density at radius 1 is 1.46 bits per heavy atom. The number of allylic oxidation sites excluding steroid dienone is 2. The van der Waals surface area contributed by atoms with Crippen LogP contribution in [0.4, 0.5) is 0 Å². The fraction of sp³-hybridized carbons (Fsp3) is 0.818. The maximum Gasteiger partial charge on any atom is 0.0126 e. The van der Waals surface area contributed by atoms with Crippen molar-refractivity contribution in [1.29, 1.82) is 0 Å². The average Bonchev–Trinajstić information content (AvgIpc) is 2.29. The molecule has 0 aliphatic carbocycles. The summed E-state index contributed by atoms with van der Waals surface area (Å²) in [5.41, 5.74) is 0. The molecule has 1 nitrogen and oxygen atoms in total. The fourth-order valence-corrected chi connectivity index (χ4v) is 3.05.